The van der Waals surface area contributed by atoms with E-state index in [4.69, 9.17) is 4.74 Å². The molecule has 0 saturated carbocycles. The van der Waals surface area contributed by atoms with Crippen molar-refractivity contribution in [3.63, 3.8) is 0 Å². The lowest BCUT2D eigenvalue weighted by Gasteiger charge is -2.40. The molecule has 0 aliphatic carbocycles. The Bertz CT molecular complexity index is 883. The molecule has 5 nitrogen and oxygen atoms in total. The average Bonchev–Trinajstić information content (AvgIpc) is 2.67. The molecule has 1 fully saturated rings. The van der Waals surface area contributed by atoms with E-state index in [1.54, 1.807) is 6.92 Å². The summed E-state index contributed by atoms with van der Waals surface area (Å²) in [5, 5.41) is 0.765. The first-order valence-corrected chi connectivity index (χ1v) is 10.3. The number of pyridine rings is 1. The topological polar surface area (TPSA) is 59.5 Å². The van der Waals surface area contributed by atoms with Gasteiger partial charge >= 0.3 is 5.97 Å². The predicted molar refractivity (Wildman–Crippen MR) is 110 cm³/mol. The summed E-state index contributed by atoms with van der Waals surface area (Å²) in [5.74, 6) is -0.566. The fourth-order valence-corrected chi connectivity index (χ4v) is 4.30. The van der Waals surface area contributed by atoms with Gasteiger partial charge in [0.2, 0.25) is 0 Å². The van der Waals surface area contributed by atoms with Gasteiger partial charge in [0.25, 0.3) is 5.91 Å². The molecule has 1 aromatic heterocycles. The molecule has 2 aromatic rings. The van der Waals surface area contributed by atoms with Crippen LogP contribution in [0.3, 0.4) is 0 Å². The molecule has 1 aliphatic heterocycles. The number of rotatable bonds is 4. The van der Waals surface area contributed by atoms with Crippen LogP contribution >= 0.6 is 0 Å². The van der Waals surface area contributed by atoms with Gasteiger partial charge in [0.15, 0.2) is 6.10 Å². The monoisotopic (exact) mass is 382 g/mol. The van der Waals surface area contributed by atoms with Crippen LogP contribution in [0.1, 0.15) is 68.6 Å². The van der Waals surface area contributed by atoms with Gasteiger partial charge in [0.1, 0.15) is 0 Å². The Labute approximate surface area is 167 Å². The Balaban J connectivity index is 1.88. The summed E-state index contributed by atoms with van der Waals surface area (Å²) in [6.07, 6.45) is 3.03. The number of amides is 1. The second-order valence-corrected chi connectivity index (χ2v) is 7.85. The van der Waals surface area contributed by atoms with E-state index in [-0.39, 0.29) is 18.0 Å². The number of ether oxygens (including phenoxy) is 1. The lowest BCUT2D eigenvalue weighted by atomic mass is 9.97. The van der Waals surface area contributed by atoms with Crippen LogP contribution in [0.2, 0.25) is 0 Å². The number of fused-ring (bicyclic) bond motifs is 1. The quantitative estimate of drug-likeness (QED) is 0.734. The van der Waals surface area contributed by atoms with Gasteiger partial charge in [-0.15, -0.1) is 0 Å². The number of para-hydroxylation sites is 1. The molecule has 1 saturated heterocycles. The van der Waals surface area contributed by atoms with Gasteiger partial charge < -0.3 is 9.64 Å². The summed E-state index contributed by atoms with van der Waals surface area (Å²) in [6.45, 7) is 9.72. The number of nitrogens with zero attached hydrogens (tertiary/aromatic N) is 2. The Morgan fingerprint density at radius 2 is 1.86 bits per heavy atom. The van der Waals surface area contributed by atoms with E-state index in [2.05, 4.69) is 18.8 Å². The van der Waals surface area contributed by atoms with Gasteiger partial charge in [-0.3, -0.25) is 9.78 Å². The summed E-state index contributed by atoms with van der Waals surface area (Å²) in [7, 11) is 0. The zero-order chi connectivity index (χ0) is 20.4. The number of likely N-dealkylation sites (tertiary alicyclic amines) is 1. The molecule has 1 aromatic carbocycles. The van der Waals surface area contributed by atoms with Gasteiger partial charge in [-0.1, -0.05) is 25.1 Å². The maximum atomic E-state index is 13.1. The van der Waals surface area contributed by atoms with Crippen LogP contribution in [0.25, 0.3) is 10.9 Å². The first kappa shape index (κ1) is 20.3. The number of hydrogen-bond acceptors (Lipinski definition) is 4. The fraction of sp³-hybridized carbons (Fsp3) is 0.522. The lowest BCUT2D eigenvalue weighted by molar-refractivity contribution is -0.146. The minimum atomic E-state index is -0.813. The van der Waals surface area contributed by atoms with E-state index in [1.165, 1.54) is 0 Å². The highest BCUT2D eigenvalue weighted by Crippen LogP contribution is 2.26. The van der Waals surface area contributed by atoms with E-state index < -0.39 is 12.1 Å². The first-order valence-electron chi connectivity index (χ1n) is 10.3. The molecule has 0 unspecified atom stereocenters. The zero-order valence-electron chi connectivity index (χ0n) is 17.5. The van der Waals surface area contributed by atoms with E-state index in [9.17, 15) is 9.59 Å². The van der Waals surface area contributed by atoms with Crippen LogP contribution in [-0.2, 0) is 16.0 Å². The van der Waals surface area contributed by atoms with Crippen molar-refractivity contribution >= 4 is 22.8 Å². The van der Waals surface area contributed by atoms with Gasteiger partial charge in [0, 0.05) is 23.2 Å². The number of aromatic nitrogens is 1. The summed E-state index contributed by atoms with van der Waals surface area (Å²) in [5.41, 5.74) is 2.99. The van der Waals surface area contributed by atoms with Crippen molar-refractivity contribution in [2.45, 2.75) is 78.5 Å². The fourth-order valence-electron chi connectivity index (χ4n) is 4.30. The van der Waals surface area contributed by atoms with E-state index in [1.807, 2.05) is 43.0 Å². The van der Waals surface area contributed by atoms with Gasteiger partial charge in [-0.2, -0.15) is 0 Å². The van der Waals surface area contributed by atoms with Gasteiger partial charge in [0.05, 0.1) is 11.1 Å². The van der Waals surface area contributed by atoms with Gasteiger partial charge in [-0.05, 0) is 65.0 Å². The highest BCUT2D eigenvalue weighted by molar-refractivity contribution is 6.05. The molecule has 0 bridgehead atoms. The molecule has 28 heavy (non-hydrogen) atoms. The number of esters is 1. The predicted octanol–water partition coefficient (Wildman–Crippen LogP) is 4.44. The van der Waals surface area contributed by atoms with Crippen LogP contribution < -0.4 is 0 Å². The molecule has 150 valence electrons. The summed E-state index contributed by atoms with van der Waals surface area (Å²) < 4.78 is 5.68. The smallest absolute Gasteiger partial charge is 0.339 e. The molecule has 1 aliphatic rings. The largest absolute Gasteiger partial charge is 0.449 e. The van der Waals surface area contributed by atoms with Crippen molar-refractivity contribution < 1.29 is 14.3 Å². The van der Waals surface area contributed by atoms with Crippen LogP contribution in [0, 0.1) is 6.92 Å². The van der Waals surface area contributed by atoms with E-state index in [0.717, 1.165) is 47.8 Å². The highest BCUT2D eigenvalue weighted by Gasteiger charge is 2.33. The highest BCUT2D eigenvalue weighted by atomic mass is 16.5. The Morgan fingerprint density at radius 3 is 2.50 bits per heavy atom. The second kappa shape index (κ2) is 8.29. The summed E-state index contributed by atoms with van der Waals surface area (Å²) in [4.78, 5) is 32.6. The van der Waals surface area contributed by atoms with Crippen molar-refractivity contribution in [2.75, 3.05) is 0 Å². The second-order valence-electron chi connectivity index (χ2n) is 7.85. The molecular formula is C23H30N2O3. The maximum absolute atomic E-state index is 13.1. The molecule has 2 heterocycles. The van der Waals surface area contributed by atoms with Crippen molar-refractivity contribution in [1.29, 1.82) is 0 Å². The molecule has 1 amide bonds. The molecule has 0 N–H and O–H groups in total. The zero-order valence-corrected chi connectivity index (χ0v) is 17.5. The normalized spacial score (nSPS) is 20.8. The van der Waals surface area contributed by atoms with E-state index in [0.29, 0.717) is 5.56 Å². The number of piperidine rings is 1. The Hall–Kier alpha value is -2.43. The third kappa shape index (κ3) is 3.75. The minimum absolute atomic E-state index is 0.111. The Morgan fingerprint density at radius 1 is 1.21 bits per heavy atom. The molecule has 0 spiro atoms. The van der Waals surface area contributed by atoms with Crippen molar-refractivity contribution in [3.05, 3.63) is 41.1 Å². The number of benzene rings is 1. The summed E-state index contributed by atoms with van der Waals surface area (Å²) >= 11 is 0. The van der Waals surface area contributed by atoms with Crippen molar-refractivity contribution in [2.24, 2.45) is 0 Å². The number of hydrogen-bond donors (Lipinski definition) is 0. The molecule has 3 rings (SSSR count). The molecule has 3 atom stereocenters. The van der Waals surface area contributed by atoms with Crippen LogP contribution in [0.4, 0.5) is 0 Å². The lowest BCUT2D eigenvalue weighted by Crippen LogP contribution is -2.51. The molecule has 0 radical (unpaired) electrons. The van der Waals surface area contributed by atoms with Crippen molar-refractivity contribution in [1.82, 2.24) is 9.88 Å². The van der Waals surface area contributed by atoms with Crippen molar-refractivity contribution in [3.8, 4) is 0 Å². The van der Waals surface area contributed by atoms with E-state index >= 15 is 0 Å². The molecule has 5 heteroatoms. The third-order valence-corrected chi connectivity index (χ3v) is 5.86. The van der Waals surface area contributed by atoms with Crippen LogP contribution in [-0.4, -0.2) is 39.9 Å². The number of aryl methyl sites for hydroxylation is 1. The van der Waals surface area contributed by atoms with Gasteiger partial charge in [-0.25, -0.2) is 4.79 Å². The Kier molecular flexibility index (Phi) is 6.01. The van der Waals surface area contributed by atoms with Crippen LogP contribution in [0.15, 0.2) is 24.3 Å². The average molecular weight is 383 g/mol. The SMILES string of the molecule is CCc1nc2ccccc2c(C(=O)O[C@@H](C)C(=O)N2[C@H](C)CCC[C@@H]2C)c1C. The number of carbonyl (C=O) groups is 2. The molecular weight excluding hydrogens is 352 g/mol. The minimum Gasteiger partial charge on any atom is -0.449 e. The standard InChI is InChI=1S/C23H30N2O3/c1-6-19-16(4)21(18-12-7-8-13-20(18)24-19)23(27)28-17(5)22(26)25-14(2)10-9-11-15(25)3/h7-8,12-15,17H,6,9-11H2,1-5H3/t14-,15+,17-/m0/s1. The number of carbonyl (C=O) groups excluding carboxylic acids is 2. The summed E-state index contributed by atoms with van der Waals surface area (Å²) in [6, 6.07) is 7.92. The van der Waals surface area contributed by atoms with Crippen LogP contribution in [0.5, 0.6) is 0 Å². The third-order valence-electron chi connectivity index (χ3n) is 5.86. The maximum Gasteiger partial charge on any atom is 0.339 e. The first-order chi connectivity index (χ1) is 13.3.